The van der Waals surface area contributed by atoms with Crippen LogP contribution in [0.2, 0.25) is 0 Å². The zero-order valence-corrected chi connectivity index (χ0v) is 14.5. The lowest BCUT2D eigenvalue weighted by Crippen LogP contribution is -2.47. The predicted molar refractivity (Wildman–Crippen MR) is 88.3 cm³/mol. The third-order valence-electron chi connectivity index (χ3n) is 4.36. The Morgan fingerprint density at radius 3 is 2.67 bits per heavy atom. The van der Waals surface area contributed by atoms with E-state index in [1.165, 1.54) is 6.42 Å². The van der Waals surface area contributed by atoms with E-state index in [1.807, 2.05) is 0 Å². The van der Waals surface area contributed by atoms with Crippen molar-refractivity contribution in [2.75, 3.05) is 26.3 Å². The van der Waals surface area contributed by atoms with E-state index in [2.05, 4.69) is 33.0 Å². The number of ether oxygens (including phenoxy) is 1. The van der Waals surface area contributed by atoms with Crippen molar-refractivity contribution in [3.05, 3.63) is 0 Å². The van der Waals surface area contributed by atoms with E-state index in [9.17, 15) is 5.11 Å². The summed E-state index contributed by atoms with van der Waals surface area (Å²) in [6.07, 6.45) is 5.12. The number of aliphatic hydroxyl groups is 1. The van der Waals surface area contributed by atoms with Gasteiger partial charge in [-0.25, -0.2) is 0 Å². The molecular weight excluding hydrogens is 264 g/mol. The maximum Gasteiger partial charge on any atom is 0.0897 e. The molecule has 0 spiro atoms. The second-order valence-corrected chi connectivity index (χ2v) is 8.03. The van der Waals surface area contributed by atoms with Gasteiger partial charge in [0.25, 0.3) is 0 Å². The molecule has 126 valence electrons. The molecule has 1 aliphatic carbocycles. The molecule has 0 radical (unpaired) electrons. The number of unbranched alkanes of at least 4 members (excludes halogenated alkanes) is 1. The summed E-state index contributed by atoms with van der Waals surface area (Å²) in [5.74, 6) is 0. The van der Waals surface area contributed by atoms with E-state index >= 15 is 0 Å². The third-order valence-corrected chi connectivity index (χ3v) is 4.36. The number of aliphatic hydroxyl groups excluding tert-OH is 1. The van der Waals surface area contributed by atoms with E-state index in [1.54, 1.807) is 0 Å². The zero-order valence-electron chi connectivity index (χ0n) is 14.5. The van der Waals surface area contributed by atoms with Gasteiger partial charge >= 0.3 is 0 Å². The molecule has 0 aromatic heterocycles. The van der Waals surface area contributed by atoms with E-state index < -0.39 is 6.10 Å². The van der Waals surface area contributed by atoms with Crippen molar-refractivity contribution >= 4 is 0 Å². The van der Waals surface area contributed by atoms with Crippen molar-refractivity contribution < 1.29 is 9.84 Å². The molecule has 0 amide bonds. The number of nitrogens with two attached hydrogens (primary N) is 1. The van der Waals surface area contributed by atoms with Gasteiger partial charge in [-0.2, -0.15) is 0 Å². The minimum absolute atomic E-state index is 0.226. The van der Waals surface area contributed by atoms with E-state index in [4.69, 9.17) is 10.5 Å². The summed E-state index contributed by atoms with van der Waals surface area (Å²) in [6, 6.07) is 0.294. The van der Waals surface area contributed by atoms with Gasteiger partial charge in [0.2, 0.25) is 0 Å². The van der Waals surface area contributed by atoms with Gasteiger partial charge in [0, 0.05) is 25.7 Å². The Bertz CT molecular complexity index is 297. The molecule has 0 heterocycles. The van der Waals surface area contributed by atoms with Crippen molar-refractivity contribution in [3.63, 3.8) is 0 Å². The van der Waals surface area contributed by atoms with Crippen LogP contribution in [0, 0.1) is 10.8 Å². The first-order valence-corrected chi connectivity index (χ1v) is 8.48. The molecule has 1 fully saturated rings. The van der Waals surface area contributed by atoms with Crippen LogP contribution >= 0.6 is 0 Å². The molecule has 0 aromatic carbocycles. The lowest BCUT2D eigenvalue weighted by molar-refractivity contribution is 0.0309. The summed E-state index contributed by atoms with van der Waals surface area (Å²) < 4.78 is 5.44. The normalized spacial score (nSPS) is 30.3. The Labute approximate surface area is 130 Å². The first kappa shape index (κ1) is 18.9. The number of hydrogen-bond donors (Lipinski definition) is 3. The summed E-state index contributed by atoms with van der Waals surface area (Å²) >= 11 is 0. The average Bonchev–Trinajstić information content (AvgIpc) is 2.31. The van der Waals surface area contributed by atoms with Crippen LogP contribution in [-0.2, 0) is 4.74 Å². The maximum atomic E-state index is 9.90. The summed E-state index contributed by atoms with van der Waals surface area (Å²) in [5.41, 5.74) is 6.76. The Kier molecular flexibility index (Phi) is 7.62. The van der Waals surface area contributed by atoms with Gasteiger partial charge in [-0.05, 0) is 36.5 Å². The molecule has 4 nitrogen and oxygen atoms in total. The van der Waals surface area contributed by atoms with Crippen molar-refractivity contribution in [3.8, 4) is 0 Å². The Morgan fingerprint density at radius 1 is 1.33 bits per heavy atom. The van der Waals surface area contributed by atoms with E-state index in [0.29, 0.717) is 24.6 Å². The van der Waals surface area contributed by atoms with Gasteiger partial charge in [0.05, 0.1) is 12.7 Å². The Hall–Kier alpha value is -0.160. The van der Waals surface area contributed by atoms with Crippen LogP contribution in [0.4, 0.5) is 0 Å². The van der Waals surface area contributed by atoms with Crippen LogP contribution in [0.5, 0.6) is 0 Å². The fraction of sp³-hybridized carbons (Fsp3) is 1.00. The van der Waals surface area contributed by atoms with Crippen molar-refractivity contribution in [1.82, 2.24) is 5.32 Å². The summed E-state index contributed by atoms with van der Waals surface area (Å²) in [7, 11) is 0. The fourth-order valence-corrected chi connectivity index (χ4v) is 3.91. The number of hydrogen-bond acceptors (Lipinski definition) is 4. The maximum absolute atomic E-state index is 9.90. The highest BCUT2D eigenvalue weighted by Gasteiger charge is 2.39. The van der Waals surface area contributed by atoms with Gasteiger partial charge in [-0.1, -0.05) is 34.1 Å². The molecule has 1 rings (SSSR count). The van der Waals surface area contributed by atoms with Gasteiger partial charge in [0.15, 0.2) is 0 Å². The summed E-state index contributed by atoms with van der Waals surface area (Å²) in [4.78, 5) is 0. The van der Waals surface area contributed by atoms with Crippen LogP contribution in [0.1, 0.15) is 59.8 Å². The largest absolute Gasteiger partial charge is 0.389 e. The first-order valence-electron chi connectivity index (χ1n) is 8.48. The standard InChI is InChI=1S/C17H36N2O2/c1-5-6-7-21-11-15(20)10-19-13-17(4)9-14(18)8-16(2,3)12-17/h14-15,19-20H,5-13,18H2,1-4H3. The quantitative estimate of drug-likeness (QED) is 0.572. The Morgan fingerprint density at radius 2 is 2.05 bits per heavy atom. The van der Waals surface area contributed by atoms with Gasteiger partial charge in [-0.3, -0.25) is 0 Å². The van der Waals surface area contributed by atoms with Crippen LogP contribution in [0.25, 0.3) is 0 Å². The highest BCUT2D eigenvalue weighted by Crippen LogP contribution is 2.45. The smallest absolute Gasteiger partial charge is 0.0897 e. The molecule has 0 aliphatic heterocycles. The molecule has 1 saturated carbocycles. The molecular formula is C17H36N2O2. The summed E-state index contributed by atoms with van der Waals surface area (Å²) in [6.45, 7) is 11.7. The molecule has 3 unspecified atom stereocenters. The van der Waals surface area contributed by atoms with E-state index in [-0.39, 0.29) is 5.41 Å². The SMILES string of the molecule is CCCCOCC(O)CNCC1(C)CC(N)CC(C)(C)C1. The average molecular weight is 300 g/mol. The van der Waals surface area contributed by atoms with Crippen LogP contribution in [-0.4, -0.2) is 43.6 Å². The lowest BCUT2D eigenvalue weighted by Gasteiger charge is -2.46. The van der Waals surface area contributed by atoms with Crippen molar-refractivity contribution in [1.29, 1.82) is 0 Å². The summed E-state index contributed by atoms with van der Waals surface area (Å²) in [5, 5.41) is 13.3. The highest BCUT2D eigenvalue weighted by atomic mass is 16.5. The minimum atomic E-state index is -0.421. The monoisotopic (exact) mass is 300 g/mol. The molecule has 3 atom stereocenters. The van der Waals surface area contributed by atoms with Gasteiger partial charge < -0.3 is 20.9 Å². The molecule has 1 aliphatic rings. The van der Waals surface area contributed by atoms with Crippen molar-refractivity contribution in [2.45, 2.75) is 71.9 Å². The molecule has 4 heteroatoms. The van der Waals surface area contributed by atoms with Gasteiger partial charge in [-0.15, -0.1) is 0 Å². The zero-order chi connectivity index (χ0) is 15.9. The highest BCUT2D eigenvalue weighted by molar-refractivity contribution is 4.94. The molecule has 21 heavy (non-hydrogen) atoms. The van der Waals surface area contributed by atoms with Crippen LogP contribution in [0.15, 0.2) is 0 Å². The van der Waals surface area contributed by atoms with Crippen molar-refractivity contribution in [2.24, 2.45) is 16.6 Å². The molecule has 0 saturated heterocycles. The van der Waals surface area contributed by atoms with Crippen LogP contribution < -0.4 is 11.1 Å². The van der Waals surface area contributed by atoms with Crippen LogP contribution in [0.3, 0.4) is 0 Å². The Balaban J connectivity index is 2.24. The molecule has 0 aromatic rings. The molecule has 0 bridgehead atoms. The number of rotatable bonds is 9. The molecule has 4 N–H and O–H groups in total. The second kappa shape index (κ2) is 8.47. The first-order chi connectivity index (χ1) is 9.76. The van der Waals surface area contributed by atoms with E-state index in [0.717, 1.165) is 38.8 Å². The minimum Gasteiger partial charge on any atom is -0.389 e. The third kappa shape index (κ3) is 7.59. The predicted octanol–water partition coefficient (Wildman–Crippen LogP) is 2.30. The second-order valence-electron chi connectivity index (χ2n) is 8.03. The van der Waals surface area contributed by atoms with Gasteiger partial charge in [0.1, 0.15) is 0 Å². The fourth-order valence-electron chi connectivity index (χ4n) is 3.91. The lowest BCUT2D eigenvalue weighted by atomic mass is 9.63. The number of nitrogens with one attached hydrogen (secondary N) is 1. The topological polar surface area (TPSA) is 67.5 Å².